The molecule has 1 aromatic rings. The summed E-state index contributed by atoms with van der Waals surface area (Å²) in [5.74, 6) is 0. The zero-order chi connectivity index (χ0) is 10.7. The molecule has 0 fully saturated rings. The third kappa shape index (κ3) is 2.32. The van der Waals surface area contributed by atoms with Crippen molar-refractivity contribution >= 4 is 22.4 Å². The minimum absolute atomic E-state index is 0.430. The molecule has 0 aromatic heterocycles. The largest absolute Gasteiger partial charge is 0.274 e. The zero-order valence-electron chi connectivity index (χ0n) is 9.10. The highest BCUT2D eigenvalue weighted by Crippen LogP contribution is 2.27. The van der Waals surface area contributed by atoms with E-state index in [4.69, 9.17) is 0 Å². The molecule has 0 amide bonds. The zero-order valence-corrected chi connectivity index (χ0v) is 9.92. The first-order valence-corrected chi connectivity index (χ1v) is 6.41. The molecule has 0 saturated heterocycles. The molecule has 2 heteroatoms. The predicted molar refractivity (Wildman–Crippen MR) is 69.4 cm³/mol. The molecular formula is C13H15NS. The van der Waals surface area contributed by atoms with Crippen LogP contribution in [0.4, 0.5) is 0 Å². The van der Waals surface area contributed by atoms with Crippen LogP contribution in [0.25, 0.3) is 5.57 Å². The molecule has 0 N–H and O–H groups in total. The SMILES string of the molecule is CSC1=NC(C)CC=C1c1ccccc1. The van der Waals surface area contributed by atoms with Gasteiger partial charge >= 0.3 is 0 Å². The molecule has 0 radical (unpaired) electrons. The van der Waals surface area contributed by atoms with Gasteiger partial charge in [-0.15, -0.1) is 11.8 Å². The molecule has 2 rings (SSSR count). The Hall–Kier alpha value is -1.02. The average molecular weight is 217 g/mol. The van der Waals surface area contributed by atoms with Crippen LogP contribution in [0, 0.1) is 0 Å². The van der Waals surface area contributed by atoms with Crippen molar-refractivity contribution in [3.05, 3.63) is 42.0 Å². The van der Waals surface area contributed by atoms with Gasteiger partial charge in [-0.1, -0.05) is 36.4 Å². The molecule has 1 unspecified atom stereocenters. The number of aliphatic imine (C=N–C) groups is 1. The number of nitrogens with zero attached hydrogens (tertiary/aromatic N) is 1. The fourth-order valence-electron chi connectivity index (χ4n) is 1.72. The lowest BCUT2D eigenvalue weighted by atomic mass is 10.0. The maximum absolute atomic E-state index is 4.67. The molecule has 1 atom stereocenters. The summed E-state index contributed by atoms with van der Waals surface area (Å²) in [6, 6.07) is 10.9. The van der Waals surface area contributed by atoms with E-state index < -0.39 is 0 Å². The Balaban J connectivity index is 2.34. The first kappa shape index (κ1) is 10.5. The summed E-state index contributed by atoms with van der Waals surface area (Å²) in [4.78, 5) is 4.67. The highest BCUT2D eigenvalue weighted by atomic mass is 32.2. The lowest BCUT2D eigenvalue weighted by Gasteiger charge is -2.17. The number of benzene rings is 1. The highest BCUT2D eigenvalue weighted by Gasteiger charge is 2.14. The van der Waals surface area contributed by atoms with Crippen molar-refractivity contribution in [1.82, 2.24) is 0 Å². The second-order valence-corrected chi connectivity index (χ2v) is 4.50. The van der Waals surface area contributed by atoms with Crippen LogP contribution in [0.5, 0.6) is 0 Å². The Morgan fingerprint density at radius 2 is 2.00 bits per heavy atom. The first-order valence-electron chi connectivity index (χ1n) is 5.19. The van der Waals surface area contributed by atoms with E-state index in [0.29, 0.717) is 6.04 Å². The summed E-state index contributed by atoms with van der Waals surface area (Å²) in [6.07, 6.45) is 5.45. The Labute approximate surface area is 95.3 Å². The molecule has 1 nitrogen and oxygen atoms in total. The minimum atomic E-state index is 0.430. The number of thioether (sulfide) groups is 1. The first-order chi connectivity index (χ1) is 7.31. The summed E-state index contributed by atoms with van der Waals surface area (Å²) in [7, 11) is 0. The average Bonchev–Trinajstić information content (AvgIpc) is 2.30. The topological polar surface area (TPSA) is 12.4 Å². The molecule has 0 bridgehead atoms. The number of dihydropyridines is 1. The van der Waals surface area contributed by atoms with Gasteiger partial charge in [-0.05, 0) is 25.2 Å². The third-order valence-corrected chi connectivity index (χ3v) is 3.22. The second kappa shape index (κ2) is 4.67. The number of hydrogen-bond acceptors (Lipinski definition) is 2. The lowest BCUT2D eigenvalue weighted by Crippen LogP contribution is -2.09. The second-order valence-electron chi connectivity index (χ2n) is 3.71. The van der Waals surface area contributed by atoms with Crippen LogP contribution in [-0.2, 0) is 0 Å². The fourth-order valence-corrected chi connectivity index (χ4v) is 2.43. The van der Waals surface area contributed by atoms with E-state index in [1.165, 1.54) is 16.2 Å². The van der Waals surface area contributed by atoms with Crippen molar-refractivity contribution < 1.29 is 0 Å². The van der Waals surface area contributed by atoms with E-state index in [1.807, 2.05) is 6.07 Å². The normalized spacial score (nSPS) is 20.8. The molecule has 0 aliphatic carbocycles. The predicted octanol–water partition coefficient (Wildman–Crippen LogP) is 3.62. The van der Waals surface area contributed by atoms with Gasteiger partial charge in [-0.2, -0.15) is 0 Å². The van der Waals surface area contributed by atoms with E-state index in [9.17, 15) is 0 Å². The van der Waals surface area contributed by atoms with Gasteiger partial charge in [-0.25, -0.2) is 0 Å². The van der Waals surface area contributed by atoms with E-state index in [0.717, 1.165) is 6.42 Å². The van der Waals surface area contributed by atoms with Crippen LogP contribution in [-0.4, -0.2) is 17.3 Å². The Kier molecular flexibility index (Phi) is 3.27. The summed E-state index contributed by atoms with van der Waals surface area (Å²) >= 11 is 1.73. The number of rotatable bonds is 1. The smallest absolute Gasteiger partial charge is 0.0980 e. The van der Waals surface area contributed by atoms with Gasteiger partial charge in [0.2, 0.25) is 0 Å². The Morgan fingerprint density at radius 3 is 2.67 bits per heavy atom. The highest BCUT2D eigenvalue weighted by molar-refractivity contribution is 8.14. The van der Waals surface area contributed by atoms with Gasteiger partial charge in [0.15, 0.2) is 0 Å². The van der Waals surface area contributed by atoms with Crippen LogP contribution in [0.15, 0.2) is 41.4 Å². The van der Waals surface area contributed by atoms with Crippen molar-refractivity contribution in [3.63, 3.8) is 0 Å². The molecule has 78 valence electrons. The number of hydrogen-bond donors (Lipinski definition) is 0. The van der Waals surface area contributed by atoms with E-state index in [1.54, 1.807) is 11.8 Å². The van der Waals surface area contributed by atoms with Crippen molar-refractivity contribution in [2.75, 3.05) is 6.26 Å². The summed E-state index contributed by atoms with van der Waals surface area (Å²) in [6.45, 7) is 2.16. The molecule has 1 heterocycles. The fraction of sp³-hybridized carbons (Fsp3) is 0.308. The van der Waals surface area contributed by atoms with Gasteiger partial charge in [0.05, 0.1) is 11.1 Å². The summed E-state index contributed by atoms with van der Waals surface area (Å²) < 4.78 is 0. The van der Waals surface area contributed by atoms with Crippen LogP contribution >= 0.6 is 11.8 Å². The van der Waals surface area contributed by atoms with Crippen molar-refractivity contribution in [1.29, 1.82) is 0 Å². The van der Waals surface area contributed by atoms with Gasteiger partial charge in [0.1, 0.15) is 0 Å². The van der Waals surface area contributed by atoms with Crippen LogP contribution in [0.2, 0.25) is 0 Å². The summed E-state index contributed by atoms with van der Waals surface area (Å²) in [5.41, 5.74) is 2.57. The molecule has 15 heavy (non-hydrogen) atoms. The molecule has 1 aliphatic rings. The maximum atomic E-state index is 4.67. The van der Waals surface area contributed by atoms with Crippen LogP contribution < -0.4 is 0 Å². The molecule has 0 saturated carbocycles. The quantitative estimate of drug-likeness (QED) is 0.700. The van der Waals surface area contributed by atoms with Gasteiger partial charge in [0.25, 0.3) is 0 Å². The van der Waals surface area contributed by atoms with Crippen molar-refractivity contribution in [2.45, 2.75) is 19.4 Å². The van der Waals surface area contributed by atoms with Crippen LogP contribution in [0.1, 0.15) is 18.9 Å². The van der Waals surface area contributed by atoms with Crippen LogP contribution in [0.3, 0.4) is 0 Å². The molecular weight excluding hydrogens is 202 g/mol. The van der Waals surface area contributed by atoms with Gasteiger partial charge in [-0.3, -0.25) is 4.99 Å². The maximum Gasteiger partial charge on any atom is 0.0980 e. The molecule has 1 aliphatic heterocycles. The van der Waals surface area contributed by atoms with Crippen molar-refractivity contribution in [3.8, 4) is 0 Å². The standard InChI is InChI=1S/C13H15NS/c1-10-8-9-12(13(14-10)15-2)11-6-4-3-5-7-11/h3-7,9-10H,8H2,1-2H3. The van der Waals surface area contributed by atoms with E-state index in [2.05, 4.69) is 48.5 Å². The summed E-state index contributed by atoms with van der Waals surface area (Å²) in [5, 5.41) is 1.17. The molecule has 1 aromatic carbocycles. The minimum Gasteiger partial charge on any atom is -0.274 e. The molecule has 0 spiro atoms. The van der Waals surface area contributed by atoms with Gasteiger partial charge in [0, 0.05) is 5.57 Å². The van der Waals surface area contributed by atoms with E-state index in [-0.39, 0.29) is 0 Å². The monoisotopic (exact) mass is 217 g/mol. The lowest BCUT2D eigenvalue weighted by molar-refractivity contribution is 0.758. The van der Waals surface area contributed by atoms with Crippen molar-refractivity contribution in [2.24, 2.45) is 4.99 Å². The third-order valence-electron chi connectivity index (χ3n) is 2.51. The van der Waals surface area contributed by atoms with Gasteiger partial charge < -0.3 is 0 Å². The van der Waals surface area contributed by atoms with E-state index >= 15 is 0 Å². The Bertz CT molecular complexity index is 392. The Morgan fingerprint density at radius 1 is 1.27 bits per heavy atom.